The molecule has 0 saturated carbocycles. The molecule has 0 radical (unpaired) electrons. The van der Waals surface area contributed by atoms with E-state index in [0.717, 1.165) is 17.6 Å². The van der Waals surface area contributed by atoms with Crippen LogP contribution in [0.3, 0.4) is 0 Å². The van der Waals surface area contributed by atoms with Crippen molar-refractivity contribution in [3.63, 3.8) is 0 Å². The van der Waals surface area contributed by atoms with E-state index in [1.54, 1.807) is 0 Å². The zero-order valence-corrected chi connectivity index (χ0v) is 13.9. The van der Waals surface area contributed by atoms with Crippen molar-refractivity contribution >= 4 is 21.6 Å². The molecule has 4 heteroatoms. The second-order valence-corrected chi connectivity index (χ2v) is 7.02. The number of anilines is 1. The summed E-state index contributed by atoms with van der Waals surface area (Å²) in [6.07, 6.45) is 0. The highest BCUT2D eigenvalue weighted by Gasteiger charge is 2.36. The second kappa shape index (κ2) is 5.43. The number of piperazine rings is 1. The highest BCUT2D eigenvalue weighted by molar-refractivity contribution is 9.10. The SMILES string of the molecule is Cc1ccc(N2CC(C)(C)N(C)CC2CN)c(Br)c1. The molecule has 1 heterocycles. The molecule has 106 valence electrons. The van der Waals surface area contributed by atoms with Gasteiger partial charge in [-0.05, 0) is 61.4 Å². The molecule has 0 amide bonds. The highest BCUT2D eigenvalue weighted by Crippen LogP contribution is 2.33. The van der Waals surface area contributed by atoms with Gasteiger partial charge >= 0.3 is 0 Å². The number of hydrogen-bond acceptors (Lipinski definition) is 3. The van der Waals surface area contributed by atoms with Gasteiger partial charge in [-0.25, -0.2) is 0 Å². The quantitative estimate of drug-likeness (QED) is 0.907. The first kappa shape index (κ1) is 14.8. The van der Waals surface area contributed by atoms with Gasteiger partial charge in [-0.1, -0.05) is 6.07 Å². The lowest BCUT2D eigenvalue weighted by Gasteiger charge is -2.50. The summed E-state index contributed by atoms with van der Waals surface area (Å²) in [6.45, 7) is 9.37. The van der Waals surface area contributed by atoms with E-state index >= 15 is 0 Å². The Bertz CT molecular complexity index is 459. The first-order valence-corrected chi connectivity index (χ1v) is 7.58. The van der Waals surface area contributed by atoms with Gasteiger partial charge in [0.05, 0.1) is 11.7 Å². The summed E-state index contributed by atoms with van der Waals surface area (Å²) in [5.41, 5.74) is 8.66. The Kier molecular flexibility index (Phi) is 4.23. The molecule has 0 aliphatic carbocycles. The predicted octanol–water partition coefficient (Wildman–Crippen LogP) is 2.62. The molecular weight excluding hydrogens is 302 g/mol. The Morgan fingerprint density at radius 3 is 2.68 bits per heavy atom. The van der Waals surface area contributed by atoms with E-state index in [4.69, 9.17) is 5.73 Å². The minimum absolute atomic E-state index is 0.163. The van der Waals surface area contributed by atoms with Gasteiger partial charge in [0.2, 0.25) is 0 Å². The number of nitrogens with zero attached hydrogens (tertiary/aromatic N) is 2. The number of aryl methyl sites for hydroxylation is 1. The lowest BCUT2D eigenvalue weighted by molar-refractivity contribution is 0.116. The fourth-order valence-corrected chi connectivity index (χ4v) is 3.38. The first-order chi connectivity index (χ1) is 8.85. The molecule has 1 aliphatic heterocycles. The van der Waals surface area contributed by atoms with Crippen LogP contribution in [0.2, 0.25) is 0 Å². The van der Waals surface area contributed by atoms with Crippen LogP contribution in [0.5, 0.6) is 0 Å². The monoisotopic (exact) mass is 325 g/mol. The molecule has 0 aromatic heterocycles. The number of nitrogens with two attached hydrogens (primary N) is 1. The summed E-state index contributed by atoms with van der Waals surface area (Å²) in [7, 11) is 2.18. The van der Waals surface area contributed by atoms with E-state index < -0.39 is 0 Å². The molecule has 1 atom stereocenters. The second-order valence-electron chi connectivity index (χ2n) is 6.17. The molecule has 1 fully saturated rings. The van der Waals surface area contributed by atoms with Gasteiger partial charge in [0, 0.05) is 29.6 Å². The van der Waals surface area contributed by atoms with Crippen molar-refractivity contribution in [2.45, 2.75) is 32.4 Å². The number of rotatable bonds is 2. The van der Waals surface area contributed by atoms with Crippen LogP contribution in [0.1, 0.15) is 19.4 Å². The minimum atomic E-state index is 0.163. The van der Waals surface area contributed by atoms with Gasteiger partial charge in [-0.2, -0.15) is 0 Å². The molecular formula is C15H24BrN3. The number of halogens is 1. The van der Waals surface area contributed by atoms with Gasteiger partial charge < -0.3 is 10.6 Å². The Labute approximate surface area is 124 Å². The Morgan fingerprint density at radius 1 is 1.42 bits per heavy atom. The third-order valence-electron chi connectivity index (χ3n) is 4.20. The van der Waals surface area contributed by atoms with Gasteiger partial charge in [0.25, 0.3) is 0 Å². The normalized spacial score (nSPS) is 23.7. The summed E-state index contributed by atoms with van der Waals surface area (Å²) in [5.74, 6) is 0. The van der Waals surface area contributed by atoms with Crippen molar-refractivity contribution in [1.29, 1.82) is 0 Å². The van der Waals surface area contributed by atoms with Gasteiger partial charge in [0.15, 0.2) is 0 Å². The molecule has 0 bridgehead atoms. The van der Waals surface area contributed by atoms with E-state index in [-0.39, 0.29) is 5.54 Å². The van der Waals surface area contributed by atoms with Crippen molar-refractivity contribution in [3.8, 4) is 0 Å². The molecule has 2 N–H and O–H groups in total. The zero-order chi connectivity index (χ0) is 14.2. The van der Waals surface area contributed by atoms with Gasteiger partial charge in [0.1, 0.15) is 0 Å². The highest BCUT2D eigenvalue weighted by atomic mass is 79.9. The van der Waals surface area contributed by atoms with Gasteiger partial charge in [-0.3, -0.25) is 4.90 Å². The van der Waals surface area contributed by atoms with E-state index in [1.165, 1.54) is 11.3 Å². The van der Waals surface area contributed by atoms with E-state index in [9.17, 15) is 0 Å². The third-order valence-corrected chi connectivity index (χ3v) is 4.84. The summed E-state index contributed by atoms with van der Waals surface area (Å²) in [6, 6.07) is 6.91. The van der Waals surface area contributed by atoms with Crippen molar-refractivity contribution in [2.75, 3.05) is 31.6 Å². The molecule has 2 rings (SSSR count). The lowest BCUT2D eigenvalue weighted by atomic mass is 9.95. The van der Waals surface area contributed by atoms with Crippen LogP contribution >= 0.6 is 15.9 Å². The van der Waals surface area contributed by atoms with E-state index in [2.05, 4.69) is 71.7 Å². The number of likely N-dealkylation sites (N-methyl/N-ethyl adjacent to an activating group) is 1. The molecule has 3 nitrogen and oxygen atoms in total. The Balaban J connectivity index is 2.35. The summed E-state index contributed by atoms with van der Waals surface area (Å²) in [4.78, 5) is 4.85. The fourth-order valence-electron chi connectivity index (χ4n) is 2.66. The summed E-state index contributed by atoms with van der Waals surface area (Å²) >= 11 is 3.70. The van der Waals surface area contributed by atoms with Gasteiger partial charge in [-0.15, -0.1) is 0 Å². The molecule has 19 heavy (non-hydrogen) atoms. The first-order valence-electron chi connectivity index (χ1n) is 6.79. The standard InChI is InChI=1S/C15H24BrN3/c1-11-5-6-14(13(16)7-11)19-10-15(2,3)18(4)9-12(19)8-17/h5-7,12H,8-10,17H2,1-4H3. The fraction of sp³-hybridized carbons (Fsp3) is 0.600. The van der Waals surface area contributed by atoms with Crippen LogP contribution in [-0.4, -0.2) is 43.2 Å². The summed E-state index contributed by atoms with van der Waals surface area (Å²) in [5, 5.41) is 0. The Morgan fingerprint density at radius 2 is 2.11 bits per heavy atom. The topological polar surface area (TPSA) is 32.5 Å². The van der Waals surface area contributed by atoms with Crippen molar-refractivity contribution in [1.82, 2.24) is 4.90 Å². The smallest absolute Gasteiger partial charge is 0.0540 e. The van der Waals surface area contributed by atoms with Crippen LogP contribution in [-0.2, 0) is 0 Å². The largest absolute Gasteiger partial charge is 0.363 e. The summed E-state index contributed by atoms with van der Waals surface area (Å²) < 4.78 is 1.16. The van der Waals surface area contributed by atoms with Crippen LogP contribution < -0.4 is 10.6 Å². The maximum absolute atomic E-state index is 5.98. The number of benzene rings is 1. The third kappa shape index (κ3) is 2.96. The minimum Gasteiger partial charge on any atom is -0.363 e. The zero-order valence-electron chi connectivity index (χ0n) is 12.3. The van der Waals surface area contributed by atoms with Crippen molar-refractivity contribution < 1.29 is 0 Å². The van der Waals surface area contributed by atoms with Crippen LogP contribution in [0.25, 0.3) is 0 Å². The van der Waals surface area contributed by atoms with Crippen molar-refractivity contribution in [3.05, 3.63) is 28.2 Å². The maximum Gasteiger partial charge on any atom is 0.0540 e. The van der Waals surface area contributed by atoms with E-state index in [0.29, 0.717) is 12.6 Å². The molecule has 1 saturated heterocycles. The maximum atomic E-state index is 5.98. The molecule has 1 aromatic rings. The van der Waals surface area contributed by atoms with Crippen LogP contribution in [0.15, 0.2) is 22.7 Å². The number of hydrogen-bond donors (Lipinski definition) is 1. The Hall–Kier alpha value is -0.580. The average molecular weight is 326 g/mol. The van der Waals surface area contributed by atoms with Crippen LogP contribution in [0, 0.1) is 6.92 Å². The lowest BCUT2D eigenvalue weighted by Crippen LogP contribution is -2.64. The molecule has 1 aromatic carbocycles. The van der Waals surface area contributed by atoms with Crippen molar-refractivity contribution in [2.24, 2.45) is 5.73 Å². The predicted molar refractivity (Wildman–Crippen MR) is 85.8 cm³/mol. The molecule has 1 aliphatic rings. The average Bonchev–Trinajstić information content (AvgIpc) is 2.32. The molecule has 0 spiro atoms. The van der Waals surface area contributed by atoms with Crippen LogP contribution in [0.4, 0.5) is 5.69 Å². The molecule has 1 unspecified atom stereocenters. The van der Waals surface area contributed by atoms with E-state index in [1.807, 2.05) is 0 Å².